The minimum atomic E-state index is -1.06. The van der Waals surface area contributed by atoms with Crippen molar-refractivity contribution in [3.8, 4) is 17.5 Å². The summed E-state index contributed by atoms with van der Waals surface area (Å²) >= 11 is 0. The van der Waals surface area contributed by atoms with Crippen molar-refractivity contribution in [3.63, 3.8) is 0 Å². The molecule has 0 atom stereocenters. The summed E-state index contributed by atoms with van der Waals surface area (Å²) in [5, 5.41) is 8.86. The molecule has 0 aliphatic heterocycles. The highest BCUT2D eigenvalue weighted by molar-refractivity contribution is 5.87. The molecule has 0 amide bonds. The number of ether oxygens (including phenoxy) is 2. The Labute approximate surface area is 109 Å². The molecule has 0 unspecified atom stereocenters. The van der Waals surface area contributed by atoms with Gasteiger partial charge in [0.25, 0.3) is 0 Å². The molecule has 0 saturated heterocycles. The maximum Gasteiger partial charge on any atom is 0.337 e. The van der Waals surface area contributed by atoms with Gasteiger partial charge in [-0.15, -0.1) is 0 Å². The van der Waals surface area contributed by atoms with E-state index < -0.39 is 5.97 Å². The largest absolute Gasteiger partial charge is 0.478 e. The van der Waals surface area contributed by atoms with E-state index in [2.05, 4.69) is 9.97 Å². The number of hydrogen-bond acceptors (Lipinski definition) is 5. The number of nitrogens with zero attached hydrogens (tertiary/aromatic N) is 2. The lowest BCUT2D eigenvalue weighted by molar-refractivity contribution is 0.0696. The molecule has 6 nitrogen and oxygen atoms in total. The normalized spacial score (nSPS) is 9.95. The van der Waals surface area contributed by atoms with Crippen LogP contribution in [0.1, 0.15) is 17.3 Å². The van der Waals surface area contributed by atoms with Crippen LogP contribution in [-0.2, 0) is 0 Å². The maximum atomic E-state index is 10.8. The van der Waals surface area contributed by atoms with Gasteiger partial charge in [-0.3, -0.25) is 4.98 Å². The summed E-state index contributed by atoms with van der Waals surface area (Å²) < 4.78 is 10.7. The fraction of sp³-hybridized carbons (Fsp3) is 0.154. The molecular formula is C13H12N2O4. The quantitative estimate of drug-likeness (QED) is 0.888. The number of carboxylic acids is 1. The van der Waals surface area contributed by atoms with Crippen LogP contribution >= 0.6 is 0 Å². The highest BCUT2D eigenvalue weighted by Crippen LogP contribution is 2.21. The molecule has 2 aromatic rings. The van der Waals surface area contributed by atoms with Crippen LogP contribution in [0.15, 0.2) is 36.7 Å². The van der Waals surface area contributed by atoms with Gasteiger partial charge in [0.05, 0.1) is 18.4 Å². The Hall–Kier alpha value is -2.63. The second kappa shape index (κ2) is 5.81. The Morgan fingerprint density at radius 3 is 2.84 bits per heavy atom. The van der Waals surface area contributed by atoms with Crippen molar-refractivity contribution in [1.82, 2.24) is 9.97 Å². The first kappa shape index (κ1) is 12.8. The summed E-state index contributed by atoms with van der Waals surface area (Å²) in [7, 11) is 0. The first-order valence-corrected chi connectivity index (χ1v) is 5.65. The van der Waals surface area contributed by atoms with E-state index in [-0.39, 0.29) is 5.56 Å². The third-order valence-corrected chi connectivity index (χ3v) is 2.17. The van der Waals surface area contributed by atoms with E-state index in [1.807, 2.05) is 6.92 Å². The fourth-order valence-electron chi connectivity index (χ4n) is 1.39. The van der Waals surface area contributed by atoms with Crippen molar-refractivity contribution >= 4 is 5.97 Å². The molecular weight excluding hydrogens is 248 g/mol. The average Bonchev–Trinajstić information content (AvgIpc) is 2.40. The third-order valence-electron chi connectivity index (χ3n) is 2.17. The summed E-state index contributed by atoms with van der Waals surface area (Å²) in [6.07, 6.45) is 2.67. The molecule has 0 spiro atoms. The highest BCUT2D eigenvalue weighted by atomic mass is 16.5. The van der Waals surface area contributed by atoms with Crippen molar-refractivity contribution in [2.24, 2.45) is 0 Å². The molecule has 6 heteroatoms. The summed E-state index contributed by atoms with van der Waals surface area (Å²) in [5.74, 6) is 0.00709. The van der Waals surface area contributed by atoms with Crippen LogP contribution < -0.4 is 9.47 Å². The lowest BCUT2D eigenvalue weighted by atomic mass is 10.3. The van der Waals surface area contributed by atoms with Gasteiger partial charge in [0, 0.05) is 18.3 Å². The van der Waals surface area contributed by atoms with Gasteiger partial charge in [-0.2, -0.15) is 4.98 Å². The lowest BCUT2D eigenvalue weighted by Crippen LogP contribution is -1.99. The van der Waals surface area contributed by atoms with E-state index in [1.165, 1.54) is 18.5 Å². The second-order valence-electron chi connectivity index (χ2n) is 3.56. The highest BCUT2D eigenvalue weighted by Gasteiger charge is 2.06. The fourth-order valence-corrected chi connectivity index (χ4v) is 1.39. The number of hydrogen-bond donors (Lipinski definition) is 1. The summed E-state index contributed by atoms with van der Waals surface area (Å²) in [6.45, 7) is 2.36. The summed E-state index contributed by atoms with van der Waals surface area (Å²) in [6, 6.07) is 6.48. The molecule has 0 bridgehead atoms. The van der Waals surface area contributed by atoms with Gasteiger partial charge in [0.15, 0.2) is 0 Å². The Morgan fingerprint density at radius 1 is 1.32 bits per heavy atom. The number of carboxylic acid groups (broad SMARTS) is 1. The van der Waals surface area contributed by atoms with Gasteiger partial charge >= 0.3 is 5.97 Å². The number of rotatable bonds is 5. The number of carbonyl (C=O) groups is 1. The van der Waals surface area contributed by atoms with Gasteiger partial charge < -0.3 is 14.6 Å². The van der Waals surface area contributed by atoms with Gasteiger partial charge in [-0.05, 0) is 13.0 Å². The maximum absolute atomic E-state index is 10.8. The van der Waals surface area contributed by atoms with Crippen molar-refractivity contribution in [2.45, 2.75) is 6.92 Å². The van der Waals surface area contributed by atoms with Gasteiger partial charge in [0.2, 0.25) is 11.8 Å². The van der Waals surface area contributed by atoms with E-state index in [1.54, 1.807) is 18.2 Å². The van der Waals surface area contributed by atoms with Crippen molar-refractivity contribution in [2.75, 3.05) is 6.61 Å². The van der Waals surface area contributed by atoms with E-state index >= 15 is 0 Å². The molecule has 2 aromatic heterocycles. The molecule has 98 valence electrons. The van der Waals surface area contributed by atoms with Crippen LogP contribution in [0.25, 0.3) is 0 Å². The van der Waals surface area contributed by atoms with Crippen LogP contribution in [0.2, 0.25) is 0 Å². The Kier molecular flexibility index (Phi) is 3.92. The molecule has 0 aromatic carbocycles. The van der Waals surface area contributed by atoms with Crippen LogP contribution in [0.5, 0.6) is 17.5 Å². The van der Waals surface area contributed by atoms with Crippen molar-refractivity contribution in [3.05, 3.63) is 42.2 Å². The Balaban J connectivity index is 2.18. The van der Waals surface area contributed by atoms with E-state index in [0.29, 0.717) is 24.1 Å². The van der Waals surface area contributed by atoms with E-state index in [4.69, 9.17) is 14.6 Å². The molecule has 2 rings (SSSR count). The SMILES string of the molecule is CCOc1cccc(Oc2cncc(C(=O)O)c2)n1. The molecule has 0 aliphatic rings. The zero-order valence-corrected chi connectivity index (χ0v) is 10.2. The van der Waals surface area contributed by atoms with Crippen molar-refractivity contribution in [1.29, 1.82) is 0 Å². The predicted molar refractivity (Wildman–Crippen MR) is 66.7 cm³/mol. The molecule has 1 N–H and O–H groups in total. The van der Waals surface area contributed by atoms with Crippen LogP contribution in [0.4, 0.5) is 0 Å². The smallest absolute Gasteiger partial charge is 0.337 e. The Bertz CT molecular complexity index is 586. The zero-order valence-electron chi connectivity index (χ0n) is 10.2. The van der Waals surface area contributed by atoms with Gasteiger partial charge in [-0.25, -0.2) is 4.79 Å². The topological polar surface area (TPSA) is 81.5 Å². The van der Waals surface area contributed by atoms with Crippen LogP contribution in [0.3, 0.4) is 0 Å². The van der Waals surface area contributed by atoms with Gasteiger partial charge in [0.1, 0.15) is 5.75 Å². The molecule has 0 saturated carbocycles. The Morgan fingerprint density at radius 2 is 2.11 bits per heavy atom. The van der Waals surface area contributed by atoms with Gasteiger partial charge in [-0.1, -0.05) is 6.07 Å². The molecule has 0 fully saturated rings. The molecule has 0 aliphatic carbocycles. The molecule has 2 heterocycles. The average molecular weight is 260 g/mol. The van der Waals surface area contributed by atoms with Crippen LogP contribution in [0, 0.1) is 0 Å². The van der Waals surface area contributed by atoms with Crippen molar-refractivity contribution < 1.29 is 19.4 Å². The minimum Gasteiger partial charge on any atom is -0.478 e. The van der Waals surface area contributed by atoms with E-state index in [0.717, 1.165) is 0 Å². The molecule has 19 heavy (non-hydrogen) atoms. The number of pyridine rings is 2. The standard InChI is InChI=1S/C13H12N2O4/c1-2-18-11-4-3-5-12(15-11)19-10-6-9(13(16)17)7-14-8-10/h3-8H,2H2,1H3,(H,16,17). The first-order valence-electron chi connectivity index (χ1n) is 5.65. The predicted octanol–water partition coefficient (Wildman–Crippen LogP) is 2.37. The molecule has 0 radical (unpaired) electrons. The number of aromatic carboxylic acids is 1. The number of aromatic nitrogens is 2. The van der Waals surface area contributed by atoms with E-state index in [9.17, 15) is 4.79 Å². The van der Waals surface area contributed by atoms with Crippen LogP contribution in [-0.4, -0.2) is 27.7 Å². The third kappa shape index (κ3) is 3.41. The summed E-state index contributed by atoms with van der Waals surface area (Å²) in [5.41, 5.74) is 0.0541. The summed E-state index contributed by atoms with van der Waals surface area (Å²) in [4.78, 5) is 18.7. The zero-order chi connectivity index (χ0) is 13.7. The first-order chi connectivity index (χ1) is 9.19. The minimum absolute atomic E-state index is 0.0541. The monoisotopic (exact) mass is 260 g/mol. The lowest BCUT2D eigenvalue weighted by Gasteiger charge is -2.06. The second-order valence-corrected chi connectivity index (χ2v) is 3.56.